The van der Waals surface area contributed by atoms with E-state index in [1.165, 1.54) is 0 Å². The molecule has 0 spiro atoms. The minimum atomic E-state index is 0.420. The molecule has 0 atom stereocenters. The van der Waals surface area contributed by atoms with E-state index in [0.29, 0.717) is 16.7 Å². The number of rotatable bonds is 3. The maximum Gasteiger partial charge on any atom is 0.166 e. The third kappa shape index (κ3) is 2.42. The summed E-state index contributed by atoms with van der Waals surface area (Å²) >= 11 is 9.55. The smallest absolute Gasteiger partial charge is 0.166 e. The van der Waals surface area contributed by atoms with Crippen molar-refractivity contribution in [1.29, 1.82) is 0 Å². The molecule has 96 valence electrons. The Labute approximate surface area is 119 Å². The van der Waals surface area contributed by atoms with Crippen molar-refractivity contribution >= 4 is 27.5 Å². The number of hydrogen-bond donors (Lipinski definition) is 0. The molecule has 0 amide bonds. The molecule has 2 aromatic rings. The number of aryl methyl sites for hydroxylation is 3. The summed E-state index contributed by atoms with van der Waals surface area (Å²) in [6, 6.07) is 0. The number of halogens is 2. The molecular weight excluding hydrogens is 318 g/mol. The highest BCUT2D eigenvalue weighted by Crippen LogP contribution is 2.30. The van der Waals surface area contributed by atoms with Crippen molar-refractivity contribution in [3.05, 3.63) is 26.8 Å². The standard InChI is InChI=1S/C12H13BrClN3O/c1-4-5-8-10(13)11(14)16-12(15-8)9-6(2)17-18-7(9)3/h4-5H2,1-3H3. The molecular formula is C12H13BrClN3O. The molecule has 4 nitrogen and oxygen atoms in total. The van der Waals surface area contributed by atoms with Crippen molar-refractivity contribution in [3.8, 4) is 11.4 Å². The third-order valence-corrected chi connectivity index (χ3v) is 3.96. The third-order valence-electron chi connectivity index (χ3n) is 2.62. The Balaban J connectivity index is 2.59. The fourth-order valence-corrected chi connectivity index (χ4v) is 2.34. The van der Waals surface area contributed by atoms with E-state index < -0.39 is 0 Å². The quantitative estimate of drug-likeness (QED) is 0.794. The molecule has 6 heteroatoms. The maximum atomic E-state index is 6.13. The van der Waals surface area contributed by atoms with Gasteiger partial charge in [0.1, 0.15) is 10.9 Å². The van der Waals surface area contributed by atoms with Crippen molar-refractivity contribution in [2.45, 2.75) is 33.6 Å². The van der Waals surface area contributed by atoms with Gasteiger partial charge >= 0.3 is 0 Å². The molecule has 0 aliphatic carbocycles. The molecule has 18 heavy (non-hydrogen) atoms. The molecule has 0 bridgehead atoms. The molecule has 0 saturated heterocycles. The van der Waals surface area contributed by atoms with Crippen LogP contribution in [0.2, 0.25) is 5.15 Å². The Bertz CT molecular complexity index is 563. The molecule has 2 rings (SSSR count). The maximum absolute atomic E-state index is 6.13. The van der Waals surface area contributed by atoms with Crippen molar-refractivity contribution in [2.24, 2.45) is 0 Å². The first-order valence-electron chi connectivity index (χ1n) is 5.69. The fourth-order valence-electron chi connectivity index (χ4n) is 1.78. The van der Waals surface area contributed by atoms with Gasteiger partial charge in [-0.05, 0) is 36.2 Å². The zero-order valence-corrected chi connectivity index (χ0v) is 12.8. The first kappa shape index (κ1) is 13.5. The van der Waals surface area contributed by atoms with Crippen molar-refractivity contribution in [2.75, 3.05) is 0 Å². The minimum absolute atomic E-state index is 0.420. The van der Waals surface area contributed by atoms with Crippen LogP contribution in [-0.2, 0) is 6.42 Å². The highest BCUT2D eigenvalue weighted by molar-refractivity contribution is 9.10. The van der Waals surface area contributed by atoms with Gasteiger partial charge in [0.05, 0.1) is 21.4 Å². The van der Waals surface area contributed by atoms with Crippen LogP contribution in [0.15, 0.2) is 9.00 Å². The van der Waals surface area contributed by atoms with E-state index in [-0.39, 0.29) is 0 Å². The van der Waals surface area contributed by atoms with Gasteiger partial charge in [0.2, 0.25) is 0 Å². The lowest BCUT2D eigenvalue weighted by molar-refractivity contribution is 0.393. The molecule has 0 unspecified atom stereocenters. The normalized spacial score (nSPS) is 10.9. The Morgan fingerprint density at radius 1 is 1.28 bits per heavy atom. The first-order chi connectivity index (χ1) is 8.54. The van der Waals surface area contributed by atoms with Crippen LogP contribution in [0.3, 0.4) is 0 Å². The molecule has 0 aliphatic rings. The van der Waals surface area contributed by atoms with Crippen LogP contribution in [-0.4, -0.2) is 15.1 Å². The largest absolute Gasteiger partial charge is 0.361 e. The van der Waals surface area contributed by atoms with Crippen LogP contribution in [0.5, 0.6) is 0 Å². The van der Waals surface area contributed by atoms with Gasteiger partial charge in [0.15, 0.2) is 5.82 Å². The number of aromatic nitrogens is 3. The second-order valence-corrected chi connectivity index (χ2v) is 5.20. The van der Waals surface area contributed by atoms with Gasteiger partial charge in [0, 0.05) is 0 Å². The van der Waals surface area contributed by atoms with Crippen LogP contribution in [0.4, 0.5) is 0 Å². The molecule has 0 aliphatic heterocycles. The predicted molar refractivity (Wildman–Crippen MR) is 73.7 cm³/mol. The van der Waals surface area contributed by atoms with E-state index in [9.17, 15) is 0 Å². The molecule has 0 radical (unpaired) electrons. The van der Waals surface area contributed by atoms with Crippen LogP contribution >= 0.6 is 27.5 Å². The molecule has 0 N–H and O–H groups in total. The highest BCUT2D eigenvalue weighted by Gasteiger charge is 2.18. The molecule has 0 fully saturated rings. The number of hydrogen-bond acceptors (Lipinski definition) is 4. The SMILES string of the molecule is CCCc1nc(-c2c(C)noc2C)nc(Cl)c1Br. The Hall–Kier alpha value is -0.940. The van der Waals surface area contributed by atoms with E-state index in [0.717, 1.165) is 34.3 Å². The van der Waals surface area contributed by atoms with Gasteiger partial charge in [-0.3, -0.25) is 0 Å². The van der Waals surface area contributed by atoms with Gasteiger partial charge in [-0.15, -0.1) is 0 Å². The van der Waals surface area contributed by atoms with Crippen molar-refractivity contribution < 1.29 is 4.52 Å². The predicted octanol–water partition coefficient (Wildman–Crippen LogP) is 4.12. The van der Waals surface area contributed by atoms with Gasteiger partial charge in [-0.2, -0.15) is 0 Å². The lowest BCUT2D eigenvalue weighted by Crippen LogP contribution is -1.99. The van der Waals surface area contributed by atoms with Crippen LogP contribution in [0.1, 0.15) is 30.5 Å². The van der Waals surface area contributed by atoms with Crippen molar-refractivity contribution in [3.63, 3.8) is 0 Å². The molecule has 2 aromatic heterocycles. The van der Waals surface area contributed by atoms with Gasteiger partial charge < -0.3 is 4.52 Å². The van der Waals surface area contributed by atoms with E-state index in [4.69, 9.17) is 16.1 Å². The zero-order chi connectivity index (χ0) is 13.3. The second kappa shape index (κ2) is 5.36. The van der Waals surface area contributed by atoms with Gasteiger partial charge in [-0.1, -0.05) is 30.1 Å². The topological polar surface area (TPSA) is 51.8 Å². The summed E-state index contributed by atoms with van der Waals surface area (Å²) in [6.07, 6.45) is 1.84. The monoisotopic (exact) mass is 329 g/mol. The Kier molecular flexibility index (Phi) is 4.02. The van der Waals surface area contributed by atoms with E-state index in [1.807, 2.05) is 13.8 Å². The average Bonchev–Trinajstić information content (AvgIpc) is 2.65. The summed E-state index contributed by atoms with van der Waals surface area (Å²) in [5.74, 6) is 1.27. The van der Waals surface area contributed by atoms with Gasteiger partial charge in [-0.25, -0.2) is 9.97 Å². The molecule has 2 heterocycles. The average molecular weight is 331 g/mol. The van der Waals surface area contributed by atoms with Crippen LogP contribution in [0.25, 0.3) is 11.4 Å². The lowest BCUT2D eigenvalue weighted by Gasteiger charge is -2.07. The lowest BCUT2D eigenvalue weighted by atomic mass is 10.2. The van der Waals surface area contributed by atoms with E-state index >= 15 is 0 Å². The van der Waals surface area contributed by atoms with Crippen LogP contribution < -0.4 is 0 Å². The summed E-state index contributed by atoms with van der Waals surface area (Å²) < 4.78 is 5.90. The number of nitrogens with zero attached hydrogens (tertiary/aromatic N) is 3. The van der Waals surface area contributed by atoms with E-state index in [1.54, 1.807) is 0 Å². The first-order valence-corrected chi connectivity index (χ1v) is 6.86. The van der Waals surface area contributed by atoms with Crippen molar-refractivity contribution in [1.82, 2.24) is 15.1 Å². The Morgan fingerprint density at radius 2 is 2.00 bits per heavy atom. The molecule has 0 aromatic carbocycles. The zero-order valence-electron chi connectivity index (χ0n) is 10.4. The fraction of sp³-hybridized carbons (Fsp3) is 0.417. The summed E-state index contributed by atoms with van der Waals surface area (Å²) in [5.41, 5.74) is 2.50. The van der Waals surface area contributed by atoms with E-state index in [2.05, 4.69) is 38.0 Å². The summed E-state index contributed by atoms with van der Waals surface area (Å²) in [4.78, 5) is 8.83. The second-order valence-electron chi connectivity index (χ2n) is 4.05. The summed E-state index contributed by atoms with van der Waals surface area (Å²) in [6.45, 7) is 5.80. The van der Waals surface area contributed by atoms with Crippen LogP contribution in [0, 0.1) is 13.8 Å². The summed E-state index contributed by atoms with van der Waals surface area (Å²) in [7, 11) is 0. The highest BCUT2D eigenvalue weighted by atomic mass is 79.9. The van der Waals surface area contributed by atoms with Gasteiger partial charge in [0.25, 0.3) is 0 Å². The Morgan fingerprint density at radius 3 is 2.56 bits per heavy atom. The molecule has 0 saturated carbocycles. The minimum Gasteiger partial charge on any atom is -0.361 e. The summed E-state index contributed by atoms with van der Waals surface area (Å²) in [5, 5.41) is 4.33.